The molecular weight excluding hydrogens is 240 g/mol. The largest absolute Gasteiger partial charge is 0.280 e. The van der Waals surface area contributed by atoms with Crippen molar-refractivity contribution in [3.63, 3.8) is 0 Å². The summed E-state index contributed by atoms with van der Waals surface area (Å²) in [6.45, 7) is 3.92. The minimum Gasteiger partial charge on any atom is -0.280 e. The van der Waals surface area contributed by atoms with Gasteiger partial charge in [0.1, 0.15) is 17.8 Å². The van der Waals surface area contributed by atoms with Crippen LogP contribution in [0.25, 0.3) is 16.9 Å². The molecule has 0 saturated carbocycles. The van der Waals surface area contributed by atoms with Crippen molar-refractivity contribution in [1.82, 2.24) is 19.4 Å². The predicted octanol–water partition coefficient (Wildman–Crippen LogP) is 1.64. The number of nitrogens with zero attached hydrogens (tertiary/aromatic N) is 6. The third-order valence-electron chi connectivity index (χ3n) is 2.88. The van der Waals surface area contributed by atoms with E-state index in [9.17, 15) is 0 Å². The highest BCUT2D eigenvalue weighted by atomic mass is 15.1. The highest BCUT2D eigenvalue weighted by Gasteiger charge is 2.14. The normalized spacial score (nSPS) is 10.5. The van der Waals surface area contributed by atoms with Crippen LogP contribution in [-0.2, 0) is 0 Å². The molecule has 6 heteroatoms. The molecule has 3 heterocycles. The van der Waals surface area contributed by atoms with Gasteiger partial charge in [0.15, 0.2) is 22.7 Å². The second-order valence-electron chi connectivity index (χ2n) is 4.27. The second kappa shape index (κ2) is 3.76. The van der Waals surface area contributed by atoms with Crippen LogP contribution in [0.4, 0.5) is 0 Å². The van der Waals surface area contributed by atoms with Crippen molar-refractivity contribution in [2.24, 2.45) is 0 Å². The zero-order valence-electron chi connectivity index (χ0n) is 10.3. The molecule has 90 valence electrons. The first-order chi connectivity index (χ1) is 9.13. The van der Waals surface area contributed by atoms with Crippen LogP contribution in [0, 0.1) is 36.5 Å². The lowest BCUT2D eigenvalue weighted by Crippen LogP contribution is -1.98. The fraction of sp³-hybridized carbons (Fsp3) is 0.154. The van der Waals surface area contributed by atoms with E-state index in [1.54, 1.807) is 0 Å². The van der Waals surface area contributed by atoms with E-state index >= 15 is 0 Å². The molecule has 3 aromatic rings. The molecule has 0 amide bonds. The average Bonchev–Trinajstić information content (AvgIpc) is 2.73. The maximum absolute atomic E-state index is 9.00. The van der Waals surface area contributed by atoms with Crippen molar-refractivity contribution in [3.8, 4) is 12.1 Å². The Morgan fingerprint density at radius 2 is 1.68 bits per heavy atom. The maximum Gasteiger partial charge on any atom is 0.199 e. The fourth-order valence-corrected chi connectivity index (χ4v) is 2.15. The van der Waals surface area contributed by atoms with Crippen LogP contribution < -0.4 is 0 Å². The molecule has 3 rings (SSSR count). The molecule has 0 aliphatic rings. The minimum atomic E-state index is 0.00720. The Morgan fingerprint density at radius 1 is 1.00 bits per heavy atom. The van der Waals surface area contributed by atoms with Crippen LogP contribution in [-0.4, -0.2) is 19.4 Å². The minimum absolute atomic E-state index is 0.00720. The topological polar surface area (TPSA) is 90.7 Å². The summed E-state index contributed by atoms with van der Waals surface area (Å²) in [5.41, 5.74) is 3.67. The second-order valence-corrected chi connectivity index (χ2v) is 4.27. The van der Waals surface area contributed by atoms with Crippen molar-refractivity contribution >= 4 is 16.9 Å². The quantitative estimate of drug-likeness (QED) is 0.603. The summed E-state index contributed by atoms with van der Waals surface area (Å²) in [4.78, 5) is 12.6. The van der Waals surface area contributed by atoms with E-state index in [0.29, 0.717) is 16.9 Å². The molecule has 0 aromatic carbocycles. The Balaban J connectivity index is 2.54. The van der Waals surface area contributed by atoms with Crippen LogP contribution in [0.5, 0.6) is 0 Å². The molecule has 6 nitrogen and oxygen atoms in total. The molecule has 0 saturated heterocycles. The lowest BCUT2D eigenvalue weighted by molar-refractivity contribution is 1.08. The highest BCUT2D eigenvalue weighted by Crippen LogP contribution is 2.18. The van der Waals surface area contributed by atoms with Gasteiger partial charge in [-0.25, -0.2) is 15.0 Å². The van der Waals surface area contributed by atoms with Gasteiger partial charge < -0.3 is 0 Å². The van der Waals surface area contributed by atoms with E-state index in [1.807, 2.05) is 42.5 Å². The Morgan fingerprint density at radius 3 is 2.37 bits per heavy atom. The number of aryl methyl sites for hydroxylation is 2. The van der Waals surface area contributed by atoms with Crippen LogP contribution in [0.1, 0.15) is 22.6 Å². The highest BCUT2D eigenvalue weighted by molar-refractivity contribution is 5.75. The standard InChI is InChI=1S/C13H8N6/c1-7-3-8(2)19-11(4-7)18-12-13(19)17-10(6-15)9(5-14)16-12/h3-4H,1-2H3. The van der Waals surface area contributed by atoms with Crippen molar-refractivity contribution in [3.05, 3.63) is 34.8 Å². The van der Waals surface area contributed by atoms with Gasteiger partial charge in [-0.2, -0.15) is 10.5 Å². The first kappa shape index (κ1) is 11.1. The van der Waals surface area contributed by atoms with E-state index < -0.39 is 0 Å². The first-order valence-corrected chi connectivity index (χ1v) is 5.61. The summed E-state index contributed by atoms with van der Waals surface area (Å²) in [7, 11) is 0. The molecule has 0 aliphatic carbocycles. The Kier molecular flexibility index (Phi) is 2.20. The van der Waals surface area contributed by atoms with Crippen LogP contribution in [0.2, 0.25) is 0 Å². The van der Waals surface area contributed by atoms with E-state index in [-0.39, 0.29) is 11.4 Å². The Bertz CT molecular complexity index is 907. The average molecular weight is 248 g/mol. The van der Waals surface area contributed by atoms with Gasteiger partial charge in [-0.3, -0.25) is 4.40 Å². The number of aromatic nitrogens is 4. The number of hydrogen-bond donors (Lipinski definition) is 0. The summed E-state index contributed by atoms with van der Waals surface area (Å²) in [5.74, 6) is 0. The van der Waals surface area contributed by atoms with Gasteiger partial charge >= 0.3 is 0 Å². The van der Waals surface area contributed by atoms with Gasteiger partial charge in [0.2, 0.25) is 0 Å². The van der Waals surface area contributed by atoms with Crippen molar-refractivity contribution < 1.29 is 0 Å². The summed E-state index contributed by atoms with van der Waals surface area (Å²) in [5, 5.41) is 17.9. The number of fused-ring (bicyclic) bond motifs is 3. The van der Waals surface area contributed by atoms with Crippen LogP contribution in [0.15, 0.2) is 12.1 Å². The van der Waals surface area contributed by atoms with E-state index in [0.717, 1.165) is 11.3 Å². The number of hydrogen-bond acceptors (Lipinski definition) is 5. The predicted molar refractivity (Wildman–Crippen MR) is 67.2 cm³/mol. The molecule has 19 heavy (non-hydrogen) atoms. The first-order valence-electron chi connectivity index (χ1n) is 5.61. The third-order valence-corrected chi connectivity index (χ3v) is 2.88. The SMILES string of the molecule is Cc1cc(C)n2c(c1)nc1nc(C#N)c(C#N)nc12. The van der Waals surface area contributed by atoms with E-state index in [2.05, 4.69) is 15.0 Å². The third kappa shape index (κ3) is 1.51. The van der Waals surface area contributed by atoms with Gasteiger partial charge in [0.05, 0.1) is 0 Å². The summed E-state index contributed by atoms with van der Waals surface area (Å²) < 4.78 is 1.83. The summed E-state index contributed by atoms with van der Waals surface area (Å²) in [6.07, 6.45) is 0. The summed E-state index contributed by atoms with van der Waals surface area (Å²) >= 11 is 0. The van der Waals surface area contributed by atoms with Crippen LogP contribution in [0.3, 0.4) is 0 Å². The molecule has 0 spiro atoms. The number of nitriles is 2. The number of imidazole rings is 1. The summed E-state index contributed by atoms with van der Waals surface area (Å²) in [6, 6.07) is 7.66. The van der Waals surface area contributed by atoms with E-state index in [4.69, 9.17) is 10.5 Å². The Labute approximate surface area is 108 Å². The van der Waals surface area contributed by atoms with Gasteiger partial charge in [-0.15, -0.1) is 0 Å². The molecule has 0 aliphatic heterocycles. The molecule has 0 radical (unpaired) electrons. The molecule has 0 N–H and O–H groups in total. The zero-order chi connectivity index (χ0) is 13.6. The monoisotopic (exact) mass is 248 g/mol. The molecule has 0 atom stereocenters. The molecular formula is C13H8N6. The number of pyridine rings is 1. The van der Waals surface area contributed by atoms with Crippen molar-refractivity contribution in [1.29, 1.82) is 10.5 Å². The van der Waals surface area contributed by atoms with Gasteiger partial charge in [0, 0.05) is 5.69 Å². The zero-order valence-corrected chi connectivity index (χ0v) is 10.3. The van der Waals surface area contributed by atoms with E-state index in [1.165, 1.54) is 0 Å². The molecule has 0 bridgehead atoms. The molecule has 3 aromatic heterocycles. The molecule has 0 fully saturated rings. The lowest BCUT2D eigenvalue weighted by atomic mass is 10.2. The smallest absolute Gasteiger partial charge is 0.199 e. The maximum atomic E-state index is 9.00. The van der Waals surface area contributed by atoms with Gasteiger partial charge in [-0.05, 0) is 31.5 Å². The van der Waals surface area contributed by atoms with Gasteiger partial charge in [-0.1, -0.05) is 0 Å². The number of rotatable bonds is 0. The fourth-order valence-electron chi connectivity index (χ4n) is 2.15. The lowest BCUT2D eigenvalue weighted by Gasteiger charge is -2.02. The van der Waals surface area contributed by atoms with Crippen molar-refractivity contribution in [2.75, 3.05) is 0 Å². The van der Waals surface area contributed by atoms with Crippen LogP contribution >= 0.6 is 0 Å². The van der Waals surface area contributed by atoms with Gasteiger partial charge in [0.25, 0.3) is 0 Å². The Hall–Kier alpha value is -2.99. The molecule has 0 unspecified atom stereocenters. The van der Waals surface area contributed by atoms with Crippen molar-refractivity contribution in [2.45, 2.75) is 13.8 Å².